The molecule has 3 nitrogen and oxygen atoms in total. The Labute approximate surface area is 85.7 Å². The molecule has 15 heavy (non-hydrogen) atoms. The van der Waals surface area contributed by atoms with Crippen LogP contribution in [-0.2, 0) is 4.79 Å². The number of amides is 1. The molecule has 0 aromatic carbocycles. The number of aliphatic hydroxyl groups is 1. The summed E-state index contributed by atoms with van der Waals surface area (Å²) in [6.45, 7) is 3.31. The van der Waals surface area contributed by atoms with Gasteiger partial charge < -0.3 is 10.4 Å². The summed E-state index contributed by atoms with van der Waals surface area (Å²) in [5.74, 6) is -0.547. The van der Waals surface area contributed by atoms with E-state index < -0.39 is 30.7 Å². The van der Waals surface area contributed by atoms with Crippen LogP contribution in [0, 0.1) is 5.92 Å². The van der Waals surface area contributed by atoms with Gasteiger partial charge in [0.25, 0.3) is 0 Å². The molecule has 0 spiro atoms. The number of halogens is 3. The zero-order chi connectivity index (χ0) is 11.9. The predicted octanol–water partition coefficient (Wildman–Crippen LogP) is 1.21. The number of alkyl halides is 3. The molecular formula is C9H14F3NO2. The van der Waals surface area contributed by atoms with Crippen LogP contribution in [0.5, 0.6) is 0 Å². The van der Waals surface area contributed by atoms with Gasteiger partial charge in [-0.2, -0.15) is 13.2 Å². The quantitative estimate of drug-likeness (QED) is 0.742. The average Bonchev–Trinajstić information content (AvgIpc) is 1.98. The number of nitrogens with one attached hydrogen (secondary N) is 1. The highest BCUT2D eigenvalue weighted by Gasteiger charge is 2.61. The maximum absolute atomic E-state index is 12.2. The number of carbonyl (C=O) groups is 1. The molecule has 2 N–H and O–H groups in total. The zero-order valence-electron chi connectivity index (χ0n) is 8.56. The largest absolute Gasteiger partial charge is 0.417 e. The van der Waals surface area contributed by atoms with Crippen LogP contribution in [0.2, 0.25) is 0 Å². The lowest BCUT2D eigenvalue weighted by atomic mass is 9.75. The summed E-state index contributed by atoms with van der Waals surface area (Å²) in [5.41, 5.74) is -2.61. The van der Waals surface area contributed by atoms with Crippen LogP contribution < -0.4 is 5.32 Å². The molecule has 0 aromatic heterocycles. The first-order valence-corrected chi connectivity index (χ1v) is 4.75. The molecule has 88 valence electrons. The van der Waals surface area contributed by atoms with Crippen molar-refractivity contribution < 1.29 is 23.1 Å². The Balaban J connectivity index is 2.41. The minimum atomic E-state index is -4.61. The van der Waals surface area contributed by atoms with Crippen molar-refractivity contribution in [3.8, 4) is 0 Å². The molecule has 1 aliphatic rings. The lowest BCUT2D eigenvalue weighted by Crippen LogP contribution is -2.62. The highest BCUT2D eigenvalue weighted by Crippen LogP contribution is 2.45. The Morgan fingerprint density at radius 1 is 1.47 bits per heavy atom. The van der Waals surface area contributed by atoms with Crippen LogP contribution >= 0.6 is 0 Å². The third-order valence-corrected chi connectivity index (χ3v) is 2.57. The first-order valence-electron chi connectivity index (χ1n) is 4.75. The Bertz CT molecular complexity index is 257. The van der Waals surface area contributed by atoms with Gasteiger partial charge in [0.15, 0.2) is 5.60 Å². The van der Waals surface area contributed by atoms with Gasteiger partial charge in [-0.1, -0.05) is 13.8 Å². The Morgan fingerprint density at radius 3 is 2.27 bits per heavy atom. The van der Waals surface area contributed by atoms with Crippen LogP contribution in [0.15, 0.2) is 0 Å². The summed E-state index contributed by atoms with van der Waals surface area (Å²) in [5, 5.41) is 11.5. The molecule has 0 atom stereocenters. The van der Waals surface area contributed by atoms with E-state index in [0.29, 0.717) is 0 Å². The van der Waals surface area contributed by atoms with Crippen molar-refractivity contribution in [2.45, 2.75) is 44.5 Å². The van der Waals surface area contributed by atoms with Crippen LogP contribution in [0.4, 0.5) is 13.2 Å². The minimum absolute atomic E-state index is 0.260. The maximum atomic E-state index is 12.2. The van der Waals surface area contributed by atoms with Gasteiger partial charge in [-0.3, -0.25) is 4.79 Å². The third-order valence-electron chi connectivity index (χ3n) is 2.57. The molecule has 0 saturated heterocycles. The summed E-state index contributed by atoms with van der Waals surface area (Å²) >= 11 is 0. The monoisotopic (exact) mass is 225 g/mol. The van der Waals surface area contributed by atoms with Gasteiger partial charge >= 0.3 is 6.18 Å². The van der Waals surface area contributed by atoms with E-state index in [1.165, 1.54) is 0 Å². The Hall–Kier alpha value is -0.780. The maximum Gasteiger partial charge on any atom is 0.417 e. The molecule has 1 rings (SSSR count). The normalized spacial score (nSPS) is 31.3. The summed E-state index contributed by atoms with van der Waals surface area (Å²) in [7, 11) is 0. The first kappa shape index (κ1) is 12.3. The van der Waals surface area contributed by atoms with E-state index in [1.54, 1.807) is 13.8 Å². The standard InChI is InChI=1S/C9H14F3NO2/c1-5(2)7(14)13-6-3-8(15,4-6)9(10,11)12/h5-6,15H,3-4H2,1-2H3,(H,13,14)/t6-,8-. The zero-order valence-corrected chi connectivity index (χ0v) is 8.56. The molecule has 0 aliphatic heterocycles. The Morgan fingerprint density at radius 2 is 1.93 bits per heavy atom. The SMILES string of the molecule is CC(C)C(=O)N[C@H]1C[C@@](O)(C(F)(F)F)C1. The van der Waals surface area contributed by atoms with Crippen molar-refractivity contribution in [3.63, 3.8) is 0 Å². The van der Waals surface area contributed by atoms with Gasteiger partial charge in [0.2, 0.25) is 5.91 Å². The number of hydrogen-bond acceptors (Lipinski definition) is 2. The van der Waals surface area contributed by atoms with Gasteiger partial charge in [-0.05, 0) is 0 Å². The van der Waals surface area contributed by atoms with Crippen LogP contribution in [-0.4, -0.2) is 28.8 Å². The van der Waals surface area contributed by atoms with E-state index in [0.717, 1.165) is 0 Å². The van der Waals surface area contributed by atoms with E-state index in [4.69, 9.17) is 5.11 Å². The molecule has 0 aromatic rings. The first-order chi connectivity index (χ1) is 6.66. The highest BCUT2D eigenvalue weighted by molar-refractivity contribution is 5.78. The molecule has 0 radical (unpaired) electrons. The fourth-order valence-corrected chi connectivity index (χ4v) is 1.46. The summed E-state index contributed by atoms with van der Waals surface area (Å²) < 4.78 is 36.6. The molecule has 0 bridgehead atoms. The second-order valence-corrected chi connectivity index (χ2v) is 4.30. The molecule has 0 heterocycles. The predicted molar refractivity (Wildman–Crippen MR) is 47.0 cm³/mol. The Kier molecular flexibility index (Phi) is 3.00. The topological polar surface area (TPSA) is 49.3 Å². The van der Waals surface area contributed by atoms with Crippen molar-refractivity contribution in [2.75, 3.05) is 0 Å². The van der Waals surface area contributed by atoms with Gasteiger partial charge in [0.05, 0.1) is 0 Å². The molecule has 0 unspecified atom stereocenters. The van der Waals surface area contributed by atoms with Gasteiger partial charge in [0.1, 0.15) is 0 Å². The fourth-order valence-electron chi connectivity index (χ4n) is 1.46. The van der Waals surface area contributed by atoms with E-state index in [-0.39, 0.29) is 11.8 Å². The van der Waals surface area contributed by atoms with Crippen LogP contribution in [0.25, 0.3) is 0 Å². The lowest BCUT2D eigenvalue weighted by molar-refractivity contribution is -0.291. The minimum Gasteiger partial charge on any atom is -0.380 e. The average molecular weight is 225 g/mol. The molecule has 1 amide bonds. The number of rotatable bonds is 2. The lowest BCUT2D eigenvalue weighted by Gasteiger charge is -2.44. The van der Waals surface area contributed by atoms with E-state index in [9.17, 15) is 18.0 Å². The smallest absolute Gasteiger partial charge is 0.380 e. The van der Waals surface area contributed by atoms with Gasteiger partial charge in [-0.25, -0.2) is 0 Å². The van der Waals surface area contributed by atoms with Gasteiger partial charge in [0, 0.05) is 24.8 Å². The van der Waals surface area contributed by atoms with Crippen molar-refractivity contribution >= 4 is 5.91 Å². The van der Waals surface area contributed by atoms with Crippen molar-refractivity contribution in [1.82, 2.24) is 5.32 Å². The van der Waals surface area contributed by atoms with Crippen molar-refractivity contribution in [2.24, 2.45) is 5.92 Å². The second kappa shape index (κ2) is 3.66. The molecule has 1 aliphatic carbocycles. The summed E-state index contributed by atoms with van der Waals surface area (Å²) in [6.07, 6.45) is -5.50. The summed E-state index contributed by atoms with van der Waals surface area (Å²) in [4.78, 5) is 11.1. The van der Waals surface area contributed by atoms with Crippen LogP contribution in [0.1, 0.15) is 26.7 Å². The molecular weight excluding hydrogens is 211 g/mol. The van der Waals surface area contributed by atoms with Crippen molar-refractivity contribution in [1.29, 1.82) is 0 Å². The highest BCUT2D eigenvalue weighted by atomic mass is 19.4. The van der Waals surface area contributed by atoms with E-state index in [1.807, 2.05) is 0 Å². The molecule has 6 heteroatoms. The summed E-state index contributed by atoms with van der Waals surface area (Å²) in [6, 6.07) is -0.563. The van der Waals surface area contributed by atoms with Crippen LogP contribution in [0.3, 0.4) is 0 Å². The van der Waals surface area contributed by atoms with E-state index >= 15 is 0 Å². The third kappa shape index (κ3) is 2.42. The van der Waals surface area contributed by atoms with Gasteiger partial charge in [-0.15, -0.1) is 0 Å². The second-order valence-electron chi connectivity index (χ2n) is 4.30. The number of hydrogen-bond donors (Lipinski definition) is 2. The number of carbonyl (C=O) groups excluding carboxylic acids is 1. The fraction of sp³-hybridized carbons (Fsp3) is 0.889. The van der Waals surface area contributed by atoms with E-state index in [2.05, 4.69) is 5.32 Å². The molecule has 1 fully saturated rings. The van der Waals surface area contributed by atoms with Crippen molar-refractivity contribution in [3.05, 3.63) is 0 Å². The molecule has 1 saturated carbocycles.